The quantitative estimate of drug-likeness (QED) is 0.397. The van der Waals surface area contributed by atoms with Crippen LogP contribution in [0.15, 0.2) is 10.7 Å². The summed E-state index contributed by atoms with van der Waals surface area (Å²) in [5.41, 5.74) is 1.13. The number of esters is 1. The molecule has 0 spiro atoms. The fourth-order valence-electron chi connectivity index (χ4n) is 2.19. The topological polar surface area (TPSA) is 116 Å². The van der Waals surface area contributed by atoms with Crippen molar-refractivity contribution < 1.29 is 19.2 Å². The van der Waals surface area contributed by atoms with E-state index in [1.165, 1.54) is 22.2 Å². The minimum atomic E-state index is -0.608. The number of aryl methyl sites for hydroxylation is 2. The summed E-state index contributed by atoms with van der Waals surface area (Å²) in [6, 6.07) is 0. The van der Waals surface area contributed by atoms with Gasteiger partial charge in [-0.05, 0) is 47.2 Å². The van der Waals surface area contributed by atoms with Gasteiger partial charge in [0.05, 0.1) is 30.0 Å². The Labute approximate surface area is 161 Å². The van der Waals surface area contributed by atoms with E-state index in [9.17, 15) is 19.7 Å². The molecule has 0 aliphatic rings. The molecule has 0 aliphatic heterocycles. The first-order chi connectivity index (χ1) is 12.2. The molecule has 0 radical (unpaired) electrons. The number of carbonyl (C=O) groups is 2. The number of ether oxygens (including phenoxy) is 1. The van der Waals surface area contributed by atoms with Crippen molar-refractivity contribution in [2.75, 3.05) is 11.9 Å². The van der Waals surface area contributed by atoms with E-state index in [1.54, 1.807) is 13.8 Å². The van der Waals surface area contributed by atoms with Gasteiger partial charge in [-0.2, -0.15) is 4.68 Å². The highest BCUT2D eigenvalue weighted by Gasteiger charge is 2.23. The van der Waals surface area contributed by atoms with Crippen molar-refractivity contribution in [3.8, 4) is 0 Å². The zero-order chi connectivity index (χ0) is 19.4. The van der Waals surface area contributed by atoms with Crippen molar-refractivity contribution in [3.05, 3.63) is 36.8 Å². The molecule has 26 heavy (non-hydrogen) atoms. The SMILES string of the molecule is CCOC(=O)c1c(NC(=O)CCn2cc(Br)c([N+](=O)[O-])n2)sc(C)c1C. The van der Waals surface area contributed by atoms with Gasteiger partial charge in [0.25, 0.3) is 0 Å². The minimum Gasteiger partial charge on any atom is -0.462 e. The number of thiophene rings is 1. The van der Waals surface area contributed by atoms with E-state index in [-0.39, 0.29) is 35.8 Å². The van der Waals surface area contributed by atoms with Gasteiger partial charge in [0.15, 0.2) is 0 Å². The Morgan fingerprint density at radius 3 is 2.73 bits per heavy atom. The summed E-state index contributed by atoms with van der Waals surface area (Å²) < 4.78 is 6.61. The zero-order valence-electron chi connectivity index (χ0n) is 14.4. The lowest BCUT2D eigenvalue weighted by Gasteiger charge is -2.06. The van der Waals surface area contributed by atoms with E-state index < -0.39 is 10.9 Å². The highest BCUT2D eigenvalue weighted by Crippen LogP contribution is 2.33. The molecule has 0 unspecified atom stereocenters. The lowest BCUT2D eigenvalue weighted by molar-refractivity contribution is -0.390. The molecule has 0 aliphatic carbocycles. The highest BCUT2D eigenvalue weighted by atomic mass is 79.9. The number of nitrogens with zero attached hydrogens (tertiary/aromatic N) is 3. The number of carbonyl (C=O) groups excluding carboxylic acids is 2. The molecule has 0 aromatic carbocycles. The van der Waals surface area contributed by atoms with E-state index in [1.807, 2.05) is 6.92 Å². The van der Waals surface area contributed by atoms with Crippen LogP contribution in [0.25, 0.3) is 0 Å². The molecule has 0 saturated carbocycles. The van der Waals surface area contributed by atoms with Crippen LogP contribution in [0.5, 0.6) is 0 Å². The summed E-state index contributed by atoms with van der Waals surface area (Å²) >= 11 is 4.36. The third-order valence-electron chi connectivity index (χ3n) is 3.56. The average Bonchev–Trinajstić information content (AvgIpc) is 3.06. The Hall–Kier alpha value is -2.27. The third kappa shape index (κ3) is 4.47. The summed E-state index contributed by atoms with van der Waals surface area (Å²) in [6.07, 6.45) is 1.48. The van der Waals surface area contributed by atoms with Crippen molar-refractivity contribution in [1.29, 1.82) is 0 Å². The van der Waals surface area contributed by atoms with Gasteiger partial charge in [-0.1, -0.05) is 0 Å². The van der Waals surface area contributed by atoms with Crippen LogP contribution in [0.2, 0.25) is 0 Å². The van der Waals surface area contributed by atoms with Gasteiger partial charge in [0.1, 0.15) is 9.47 Å². The predicted octanol–water partition coefficient (Wildman–Crippen LogP) is 3.44. The van der Waals surface area contributed by atoms with E-state index in [2.05, 4.69) is 26.3 Å². The van der Waals surface area contributed by atoms with Gasteiger partial charge in [-0.15, -0.1) is 11.3 Å². The number of nitro groups is 1. The number of nitrogens with one attached hydrogen (secondary N) is 1. The number of hydrogen-bond acceptors (Lipinski definition) is 7. The Kier molecular flexibility index (Phi) is 6.48. The van der Waals surface area contributed by atoms with Gasteiger partial charge >= 0.3 is 11.8 Å². The molecular formula is C15H17BrN4O5S. The van der Waals surface area contributed by atoms with E-state index in [4.69, 9.17) is 4.74 Å². The molecule has 2 aromatic rings. The van der Waals surface area contributed by atoms with Crippen molar-refractivity contribution in [3.63, 3.8) is 0 Å². The van der Waals surface area contributed by atoms with Gasteiger partial charge in [0.2, 0.25) is 5.91 Å². The highest BCUT2D eigenvalue weighted by molar-refractivity contribution is 9.10. The molecule has 2 rings (SSSR count). The smallest absolute Gasteiger partial charge is 0.404 e. The van der Waals surface area contributed by atoms with Crippen LogP contribution >= 0.6 is 27.3 Å². The number of aromatic nitrogens is 2. The molecular weight excluding hydrogens is 428 g/mol. The number of anilines is 1. The van der Waals surface area contributed by atoms with Crippen LogP contribution in [0.1, 0.15) is 34.1 Å². The van der Waals surface area contributed by atoms with Crippen molar-refractivity contribution in [2.45, 2.75) is 33.7 Å². The summed E-state index contributed by atoms with van der Waals surface area (Å²) in [5, 5.41) is 17.7. The molecule has 2 aromatic heterocycles. The molecule has 0 atom stereocenters. The average molecular weight is 445 g/mol. The number of hydrogen-bond donors (Lipinski definition) is 1. The maximum Gasteiger partial charge on any atom is 0.404 e. The normalized spacial score (nSPS) is 10.6. The summed E-state index contributed by atoms with van der Waals surface area (Å²) in [7, 11) is 0. The van der Waals surface area contributed by atoms with E-state index in [0.717, 1.165) is 10.4 Å². The maximum atomic E-state index is 12.2. The molecule has 2 heterocycles. The maximum absolute atomic E-state index is 12.2. The van der Waals surface area contributed by atoms with E-state index >= 15 is 0 Å². The molecule has 1 N–H and O–H groups in total. The van der Waals surface area contributed by atoms with Gasteiger partial charge in [0, 0.05) is 11.3 Å². The molecule has 140 valence electrons. The largest absolute Gasteiger partial charge is 0.462 e. The summed E-state index contributed by atoms with van der Waals surface area (Å²) in [6.45, 7) is 5.78. The second-order valence-electron chi connectivity index (χ2n) is 5.33. The second-order valence-corrected chi connectivity index (χ2v) is 7.41. The van der Waals surface area contributed by atoms with Crippen molar-refractivity contribution in [1.82, 2.24) is 9.78 Å². The third-order valence-corrected chi connectivity index (χ3v) is 5.24. The molecule has 9 nitrogen and oxygen atoms in total. The molecule has 0 saturated heterocycles. The van der Waals surface area contributed by atoms with Gasteiger partial charge in [-0.25, -0.2) is 4.79 Å². The Balaban J connectivity index is 2.06. The monoisotopic (exact) mass is 444 g/mol. The second kappa shape index (κ2) is 8.41. The molecule has 0 bridgehead atoms. The standard InChI is InChI=1S/C15H17BrN4O5S/c1-4-25-15(22)12-8(2)9(3)26-14(12)17-11(21)5-6-19-7-10(16)13(18-19)20(23)24/h7H,4-6H2,1-3H3,(H,17,21). The van der Waals surface area contributed by atoms with Crippen LogP contribution in [0.3, 0.4) is 0 Å². The van der Waals surface area contributed by atoms with Crippen LogP contribution < -0.4 is 5.32 Å². The van der Waals surface area contributed by atoms with Crippen LogP contribution in [0.4, 0.5) is 10.8 Å². The molecule has 11 heteroatoms. The van der Waals surface area contributed by atoms with Gasteiger partial charge < -0.3 is 20.2 Å². The zero-order valence-corrected chi connectivity index (χ0v) is 16.8. The van der Waals surface area contributed by atoms with Crippen LogP contribution in [-0.4, -0.2) is 33.2 Å². The van der Waals surface area contributed by atoms with E-state index in [0.29, 0.717) is 10.6 Å². The summed E-state index contributed by atoms with van der Waals surface area (Å²) in [4.78, 5) is 35.4. The number of amides is 1. The fourth-order valence-corrected chi connectivity index (χ4v) is 3.72. The summed E-state index contributed by atoms with van der Waals surface area (Å²) in [5.74, 6) is -1.11. The van der Waals surface area contributed by atoms with Gasteiger partial charge in [-0.3, -0.25) is 4.79 Å². The Bertz CT molecular complexity index is 861. The first-order valence-corrected chi connectivity index (χ1v) is 9.29. The first-order valence-electron chi connectivity index (χ1n) is 7.68. The van der Waals surface area contributed by atoms with Crippen LogP contribution in [0, 0.1) is 24.0 Å². The lowest BCUT2D eigenvalue weighted by atomic mass is 10.1. The minimum absolute atomic E-state index is 0.0452. The predicted molar refractivity (Wildman–Crippen MR) is 99.6 cm³/mol. The molecule has 1 amide bonds. The fraction of sp³-hybridized carbons (Fsp3) is 0.400. The van der Waals surface area contributed by atoms with Crippen molar-refractivity contribution >= 4 is 50.0 Å². The first kappa shape index (κ1) is 20.0. The Morgan fingerprint density at radius 1 is 1.46 bits per heavy atom. The molecule has 0 fully saturated rings. The van der Waals surface area contributed by atoms with Crippen molar-refractivity contribution in [2.24, 2.45) is 0 Å². The Morgan fingerprint density at radius 2 is 2.15 bits per heavy atom. The number of rotatable bonds is 7. The number of halogens is 1. The lowest BCUT2D eigenvalue weighted by Crippen LogP contribution is -2.16. The van der Waals surface area contributed by atoms with Crippen LogP contribution in [-0.2, 0) is 16.1 Å².